The van der Waals surface area contributed by atoms with Crippen LogP contribution < -0.4 is 5.32 Å². The van der Waals surface area contributed by atoms with Gasteiger partial charge in [-0.3, -0.25) is 4.79 Å². The number of pyridine rings is 1. The summed E-state index contributed by atoms with van der Waals surface area (Å²) in [4.78, 5) is 21.1. The third-order valence-electron chi connectivity index (χ3n) is 4.63. The van der Waals surface area contributed by atoms with Crippen LogP contribution in [0, 0.1) is 11.9 Å². The van der Waals surface area contributed by atoms with Crippen LogP contribution in [-0.4, -0.2) is 35.8 Å². The normalized spacial score (nSPS) is 17.1. The lowest BCUT2D eigenvalue weighted by Crippen LogP contribution is -2.31. The Morgan fingerprint density at radius 1 is 1.11 bits per heavy atom. The van der Waals surface area contributed by atoms with Crippen LogP contribution in [0.1, 0.15) is 12.8 Å². The van der Waals surface area contributed by atoms with Crippen molar-refractivity contribution >= 4 is 43.0 Å². The van der Waals surface area contributed by atoms with E-state index in [9.17, 15) is 17.6 Å². The number of halogens is 1. The average Bonchev–Trinajstić information content (AvgIpc) is 3.09. The Morgan fingerprint density at radius 2 is 1.89 bits per heavy atom. The number of nitrogens with zero attached hydrogens (tertiary/aromatic N) is 2. The standard InChI is InChI=1S/C18H16FN3O3S2/c19-16-8-14-7-12(1-2-13(14)9-20-16)15-10-21-18(26-15)22-17(23)11-3-5-27(24,25)6-4-11/h1-2,7-11H,3-6H2,(H,21,22,23). The first-order valence-corrected chi connectivity index (χ1v) is 11.1. The number of amides is 1. The number of aromatic nitrogens is 2. The molecule has 3 heterocycles. The zero-order valence-corrected chi connectivity index (χ0v) is 15.8. The molecule has 9 heteroatoms. The van der Waals surface area contributed by atoms with Crippen LogP contribution in [0.2, 0.25) is 0 Å². The van der Waals surface area contributed by atoms with Crippen LogP contribution in [-0.2, 0) is 14.6 Å². The van der Waals surface area contributed by atoms with Gasteiger partial charge in [0.2, 0.25) is 11.9 Å². The lowest BCUT2D eigenvalue weighted by molar-refractivity contribution is -0.120. The Kier molecular flexibility index (Phi) is 4.65. The van der Waals surface area contributed by atoms with Crippen LogP contribution in [0.5, 0.6) is 0 Å². The van der Waals surface area contributed by atoms with Gasteiger partial charge >= 0.3 is 0 Å². The minimum atomic E-state index is -3.00. The van der Waals surface area contributed by atoms with Gasteiger partial charge in [-0.05, 0) is 29.9 Å². The summed E-state index contributed by atoms with van der Waals surface area (Å²) in [6, 6.07) is 6.98. The summed E-state index contributed by atoms with van der Waals surface area (Å²) in [5.41, 5.74) is 0.870. The molecule has 0 bridgehead atoms. The van der Waals surface area contributed by atoms with Crippen molar-refractivity contribution in [1.82, 2.24) is 9.97 Å². The smallest absolute Gasteiger partial charge is 0.229 e. The molecule has 0 saturated carbocycles. The van der Waals surface area contributed by atoms with E-state index >= 15 is 0 Å². The third-order valence-corrected chi connectivity index (χ3v) is 7.31. The number of rotatable bonds is 3. The van der Waals surface area contributed by atoms with Gasteiger partial charge in [-0.1, -0.05) is 23.5 Å². The van der Waals surface area contributed by atoms with E-state index < -0.39 is 15.8 Å². The summed E-state index contributed by atoms with van der Waals surface area (Å²) < 4.78 is 36.3. The lowest BCUT2D eigenvalue weighted by atomic mass is 10.0. The first kappa shape index (κ1) is 18.0. The molecule has 1 saturated heterocycles. The van der Waals surface area contributed by atoms with Crippen LogP contribution >= 0.6 is 11.3 Å². The van der Waals surface area contributed by atoms with Gasteiger partial charge in [0, 0.05) is 29.8 Å². The fourth-order valence-electron chi connectivity index (χ4n) is 3.09. The van der Waals surface area contributed by atoms with E-state index in [-0.39, 0.29) is 23.3 Å². The molecule has 0 radical (unpaired) electrons. The predicted molar refractivity (Wildman–Crippen MR) is 103 cm³/mol. The first-order chi connectivity index (χ1) is 12.9. The fourth-order valence-corrected chi connectivity index (χ4v) is 5.40. The van der Waals surface area contributed by atoms with Crippen molar-refractivity contribution in [2.24, 2.45) is 5.92 Å². The van der Waals surface area contributed by atoms with Crippen LogP contribution in [0.4, 0.5) is 9.52 Å². The van der Waals surface area contributed by atoms with E-state index in [4.69, 9.17) is 0 Å². The number of sulfone groups is 1. The molecule has 27 heavy (non-hydrogen) atoms. The number of carbonyl (C=O) groups is 1. The zero-order valence-electron chi connectivity index (χ0n) is 14.2. The number of anilines is 1. The SMILES string of the molecule is O=C(Nc1ncc(-c2ccc3cnc(F)cc3c2)s1)C1CCS(=O)(=O)CC1. The van der Waals surface area contributed by atoms with Crippen molar-refractivity contribution in [3.05, 3.63) is 42.6 Å². The second kappa shape index (κ2) is 6.97. The number of nitrogens with one attached hydrogen (secondary N) is 1. The van der Waals surface area contributed by atoms with Gasteiger partial charge < -0.3 is 5.32 Å². The highest BCUT2D eigenvalue weighted by molar-refractivity contribution is 7.91. The van der Waals surface area contributed by atoms with E-state index in [0.29, 0.717) is 18.0 Å². The fraction of sp³-hybridized carbons (Fsp3) is 0.278. The van der Waals surface area contributed by atoms with E-state index in [1.54, 1.807) is 6.20 Å². The number of hydrogen-bond donors (Lipinski definition) is 1. The van der Waals surface area contributed by atoms with Crippen molar-refractivity contribution in [1.29, 1.82) is 0 Å². The Balaban J connectivity index is 1.49. The van der Waals surface area contributed by atoms with Crippen molar-refractivity contribution in [3.8, 4) is 10.4 Å². The molecule has 6 nitrogen and oxygen atoms in total. The summed E-state index contributed by atoms with van der Waals surface area (Å²) in [6.45, 7) is 0. The Bertz CT molecular complexity index is 1110. The second-order valence-corrected chi connectivity index (χ2v) is 9.85. The molecule has 3 aromatic rings. The van der Waals surface area contributed by atoms with Crippen LogP contribution in [0.15, 0.2) is 36.7 Å². The Hall–Kier alpha value is -2.39. The molecule has 140 valence electrons. The van der Waals surface area contributed by atoms with Gasteiger partial charge in [0.25, 0.3) is 0 Å². The Morgan fingerprint density at radius 3 is 2.67 bits per heavy atom. The maximum Gasteiger partial charge on any atom is 0.229 e. The molecule has 1 aliphatic heterocycles. The molecule has 0 atom stereocenters. The molecular formula is C18H16FN3O3S2. The Labute approximate surface area is 159 Å². The third kappa shape index (κ3) is 3.98. The van der Waals surface area contributed by atoms with Crippen molar-refractivity contribution in [2.45, 2.75) is 12.8 Å². The van der Waals surface area contributed by atoms with Gasteiger partial charge in [0.1, 0.15) is 9.84 Å². The minimum absolute atomic E-state index is 0.0523. The predicted octanol–water partition coefficient (Wildman–Crippen LogP) is 3.26. The molecule has 1 N–H and O–H groups in total. The lowest BCUT2D eigenvalue weighted by Gasteiger charge is -2.20. The second-order valence-electron chi connectivity index (χ2n) is 6.51. The van der Waals surface area contributed by atoms with Crippen molar-refractivity contribution < 1.29 is 17.6 Å². The topological polar surface area (TPSA) is 89.0 Å². The molecule has 1 aromatic carbocycles. The minimum Gasteiger partial charge on any atom is -0.302 e. The maximum absolute atomic E-state index is 13.3. The van der Waals surface area contributed by atoms with Crippen molar-refractivity contribution in [2.75, 3.05) is 16.8 Å². The van der Waals surface area contributed by atoms with Gasteiger partial charge in [0.15, 0.2) is 5.13 Å². The number of hydrogen-bond acceptors (Lipinski definition) is 6. The summed E-state index contributed by atoms with van der Waals surface area (Å²) in [7, 11) is -3.00. The molecule has 2 aromatic heterocycles. The maximum atomic E-state index is 13.3. The molecule has 0 unspecified atom stereocenters. The van der Waals surface area contributed by atoms with Gasteiger partial charge in [-0.25, -0.2) is 18.4 Å². The zero-order chi connectivity index (χ0) is 19.0. The summed E-state index contributed by atoms with van der Waals surface area (Å²) in [5.74, 6) is -0.936. The number of benzene rings is 1. The number of thiazole rings is 1. The van der Waals surface area contributed by atoms with Crippen molar-refractivity contribution in [3.63, 3.8) is 0 Å². The largest absolute Gasteiger partial charge is 0.302 e. The van der Waals surface area contributed by atoms with Gasteiger partial charge in [0.05, 0.1) is 16.4 Å². The summed E-state index contributed by atoms with van der Waals surface area (Å²) in [6.07, 6.45) is 3.83. The number of fused-ring (bicyclic) bond motifs is 1. The molecule has 4 rings (SSSR count). The first-order valence-electron chi connectivity index (χ1n) is 8.42. The highest BCUT2D eigenvalue weighted by Crippen LogP contribution is 2.32. The quantitative estimate of drug-likeness (QED) is 0.676. The van der Waals surface area contributed by atoms with E-state index in [0.717, 1.165) is 21.2 Å². The molecule has 0 spiro atoms. The van der Waals surface area contributed by atoms with E-state index in [1.165, 1.54) is 23.6 Å². The van der Waals surface area contributed by atoms with E-state index in [1.807, 2.05) is 18.2 Å². The highest BCUT2D eigenvalue weighted by Gasteiger charge is 2.28. The summed E-state index contributed by atoms with van der Waals surface area (Å²) >= 11 is 1.32. The molecule has 1 fully saturated rings. The number of carbonyl (C=O) groups excluding carboxylic acids is 1. The highest BCUT2D eigenvalue weighted by atomic mass is 32.2. The molecule has 0 aliphatic carbocycles. The van der Waals surface area contributed by atoms with Gasteiger partial charge in [-0.2, -0.15) is 4.39 Å². The summed E-state index contributed by atoms with van der Waals surface area (Å²) in [5, 5.41) is 4.82. The molecule has 1 amide bonds. The molecule has 1 aliphatic rings. The van der Waals surface area contributed by atoms with Crippen LogP contribution in [0.3, 0.4) is 0 Å². The molecular weight excluding hydrogens is 389 g/mol. The monoisotopic (exact) mass is 405 g/mol. The van der Waals surface area contributed by atoms with Crippen LogP contribution in [0.25, 0.3) is 21.2 Å². The van der Waals surface area contributed by atoms with E-state index in [2.05, 4.69) is 15.3 Å². The average molecular weight is 405 g/mol. The van der Waals surface area contributed by atoms with Gasteiger partial charge in [-0.15, -0.1) is 0 Å².